The Kier molecular flexibility index (Phi) is 3.28. The lowest BCUT2D eigenvalue weighted by Gasteiger charge is -2.22. The molecule has 20 heavy (non-hydrogen) atoms. The molecule has 0 radical (unpaired) electrons. The molecule has 2 aromatic carbocycles. The molecule has 3 rings (SSSR count). The Hall–Kier alpha value is -2.13. The maximum absolute atomic E-state index is 11.3. The van der Waals surface area contributed by atoms with Crippen LogP contribution in [0, 0.1) is 6.92 Å². The number of ether oxygens (including phenoxy) is 1. The van der Waals surface area contributed by atoms with Crippen LogP contribution in [0.1, 0.15) is 22.8 Å². The highest BCUT2D eigenvalue weighted by atomic mass is 35.5. The highest BCUT2D eigenvalue weighted by molar-refractivity contribution is 6.30. The average molecular weight is 286 g/mol. The van der Waals surface area contributed by atoms with Crippen molar-refractivity contribution in [1.82, 2.24) is 0 Å². The highest BCUT2D eigenvalue weighted by Gasteiger charge is 2.24. The number of aryl methyl sites for hydroxylation is 1. The fourth-order valence-electron chi connectivity index (χ4n) is 2.15. The fraction of sp³-hybridized carbons (Fsp3) is 0.125. The largest absolute Gasteiger partial charge is 0.461 e. The van der Waals surface area contributed by atoms with Gasteiger partial charge in [-0.3, -0.25) is 4.79 Å². The van der Waals surface area contributed by atoms with E-state index < -0.39 is 6.10 Å². The van der Waals surface area contributed by atoms with E-state index in [1.807, 2.05) is 37.3 Å². The van der Waals surface area contributed by atoms with Crippen LogP contribution in [-0.2, 0) is 9.53 Å². The van der Waals surface area contributed by atoms with Crippen molar-refractivity contribution in [2.45, 2.75) is 13.0 Å². The van der Waals surface area contributed by atoms with Gasteiger partial charge in [-0.1, -0.05) is 23.2 Å². The number of rotatable bonds is 2. The molecule has 1 heterocycles. The monoisotopic (exact) mass is 285 g/mol. The maximum Gasteiger partial charge on any atom is 0.222 e. The Morgan fingerprint density at radius 1 is 1.20 bits per heavy atom. The van der Waals surface area contributed by atoms with Gasteiger partial charge in [-0.15, -0.1) is 0 Å². The van der Waals surface area contributed by atoms with Crippen molar-refractivity contribution in [2.24, 2.45) is 4.99 Å². The molecule has 1 aliphatic rings. The Balaban J connectivity index is 2.08. The minimum absolute atomic E-state index is 0.440. The summed E-state index contributed by atoms with van der Waals surface area (Å²) in [6.07, 6.45) is 0.177. The zero-order valence-electron chi connectivity index (χ0n) is 10.8. The number of carbonyl (C=O) groups excluding carboxylic acids is 1. The quantitative estimate of drug-likeness (QED) is 0.782. The molecular formula is C16H12ClNO2. The highest BCUT2D eigenvalue weighted by Crippen LogP contribution is 2.33. The molecule has 2 aromatic rings. The first kappa shape index (κ1) is 12.9. The first-order valence-corrected chi connectivity index (χ1v) is 6.62. The second kappa shape index (κ2) is 5.10. The molecule has 0 spiro atoms. The van der Waals surface area contributed by atoms with Gasteiger partial charge in [-0.2, -0.15) is 0 Å². The molecule has 1 atom stereocenters. The van der Waals surface area contributed by atoms with Crippen molar-refractivity contribution in [1.29, 1.82) is 0 Å². The van der Waals surface area contributed by atoms with Crippen molar-refractivity contribution in [2.75, 3.05) is 0 Å². The summed E-state index contributed by atoms with van der Waals surface area (Å²) in [4.78, 5) is 15.7. The van der Waals surface area contributed by atoms with Crippen LogP contribution in [0.25, 0.3) is 0 Å². The number of benzene rings is 2. The Labute approximate surface area is 121 Å². The topological polar surface area (TPSA) is 38.7 Å². The smallest absolute Gasteiger partial charge is 0.222 e. The van der Waals surface area contributed by atoms with E-state index in [4.69, 9.17) is 16.3 Å². The van der Waals surface area contributed by atoms with Crippen LogP contribution in [0.4, 0.5) is 5.69 Å². The molecule has 0 saturated carbocycles. The van der Waals surface area contributed by atoms with Crippen molar-refractivity contribution in [3.8, 4) is 0 Å². The number of carbonyl (C=O) groups is 1. The first-order valence-electron chi connectivity index (χ1n) is 6.24. The SMILES string of the molecule is Cc1ccc2c(c1)C(C=O)OC(c1ccc(Cl)cc1)=N2. The molecule has 0 fully saturated rings. The van der Waals surface area contributed by atoms with E-state index in [-0.39, 0.29) is 0 Å². The first-order chi connectivity index (χ1) is 9.67. The van der Waals surface area contributed by atoms with Crippen molar-refractivity contribution in [3.63, 3.8) is 0 Å². The fourth-order valence-corrected chi connectivity index (χ4v) is 2.28. The zero-order chi connectivity index (χ0) is 14.1. The minimum Gasteiger partial charge on any atom is -0.461 e. The molecule has 0 amide bonds. The van der Waals surface area contributed by atoms with E-state index in [1.54, 1.807) is 12.1 Å². The normalized spacial score (nSPS) is 16.9. The van der Waals surface area contributed by atoms with Crippen LogP contribution in [-0.4, -0.2) is 12.2 Å². The number of fused-ring (bicyclic) bond motifs is 1. The van der Waals surface area contributed by atoms with Gasteiger partial charge in [0, 0.05) is 16.1 Å². The molecule has 0 saturated heterocycles. The molecular weight excluding hydrogens is 274 g/mol. The number of aliphatic imine (C=N–C) groups is 1. The van der Waals surface area contributed by atoms with Gasteiger partial charge in [0.25, 0.3) is 0 Å². The van der Waals surface area contributed by atoms with Crippen LogP contribution < -0.4 is 0 Å². The summed E-state index contributed by atoms with van der Waals surface area (Å²) in [5.41, 5.74) is 3.44. The lowest BCUT2D eigenvalue weighted by molar-refractivity contribution is -0.114. The second-order valence-corrected chi connectivity index (χ2v) is 5.10. The van der Waals surface area contributed by atoms with E-state index >= 15 is 0 Å². The number of halogens is 1. The number of nitrogens with zero attached hydrogens (tertiary/aromatic N) is 1. The Morgan fingerprint density at radius 3 is 2.65 bits per heavy atom. The lowest BCUT2D eigenvalue weighted by atomic mass is 10.0. The van der Waals surface area contributed by atoms with Gasteiger partial charge >= 0.3 is 0 Å². The summed E-state index contributed by atoms with van der Waals surface area (Å²) in [6, 6.07) is 13.0. The molecule has 0 aliphatic carbocycles. The molecule has 4 heteroatoms. The summed E-state index contributed by atoms with van der Waals surface area (Å²) in [5.74, 6) is 0.440. The van der Waals surface area contributed by atoms with E-state index in [9.17, 15) is 4.79 Å². The summed E-state index contributed by atoms with van der Waals surface area (Å²) in [5, 5.41) is 0.646. The van der Waals surface area contributed by atoms with Gasteiger partial charge in [0.1, 0.15) is 0 Å². The molecule has 1 unspecified atom stereocenters. The van der Waals surface area contributed by atoms with Gasteiger partial charge in [-0.25, -0.2) is 4.99 Å². The maximum atomic E-state index is 11.3. The second-order valence-electron chi connectivity index (χ2n) is 4.66. The van der Waals surface area contributed by atoms with E-state index in [0.717, 1.165) is 28.7 Å². The standard InChI is InChI=1S/C16H12ClNO2/c1-10-2-7-14-13(8-10)15(9-19)20-16(18-14)11-3-5-12(17)6-4-11/h2-9,15H,1H3. The Morgan fingerprint density at radius 2 is 1.95 bits per heavy atom. The number of hydrogen-bond donors (Lipinski definition) is 0. The third-order valence-corrected chi connectivity index (χ3v) is 3.42. The van der Waals surface area contributed by atoms with Gasteiger partial charge in [0.05, 0.1) is 5.69 Å². The average Bonchev–Trinajstić information content (AvgIpc) is 2.47. The number of aldehydes is 1. The minimum atomic E-state index is -0.618. The Bertz CT molecular complexity index is 692. The van der Waals surface area contributed by atoms with Crippen LogP contribution in [0.5, 0.6) is 0 Å². The molecule has 3 nitrogen and oxygen atoms in total. The van der Waals surface area contributed by atoms with Crippen molar-refractivity contribution < 1.29 is 9.53 Å². The molecule has 0 N–H and O–H groups in total. The molecule has 0 bridgehead atoms. The van der Waals surface area contributed by atoms with Gasteiger partial charge in [0.2, 0.25) is 5.90 Å². The summed E-state index contributed by atoms with van der Waals surface area (Å²) in [6.45, 7) is 1.97. The third-order valence-electron chi connectivity index (χ3n) is 3.16. The van der Waals surface area contributed by atoms with Crippen molar-refractivity contribution in [3.05, 3.63) is 64.2 Å². The molecule has 1 aliphatic heterocycles. The molecule has 0 aromatic heterocycles. The summed E-state index contributed by atoms with van der Waals surface area (Å²) < 4.78 is 5.68. The third kappa shape index (κ3) is 2.32. The van der Waals surface area contributed by atoms with Gasteiger partial charge in [0.15, 0.2) is 12.4 Å². The van der Waals surface area contributed by atoms with Gasteiger partial charge in [-0.05, 0) is 43.3 Å². The lowest BCUT2D eigenvalue weighted by Crippen LogP contribution is -2.17. The van der Waals surface area contributed by atoms with Crippen LogP contribution in [0.2, 0.25) is 5.02 Å². The molecule has 100 valence electrons. The summed E-state index contributed by atoms with van der Waals surface area (Å²) in [7, 11) is 0. The van der Waals surface area contributed by atoms with E-state index in [2.05, 4.69) is 4.99 Å². The van der Waals surface area contributed by atoms with E-state index in [1.165, 1.54) is 0 Å². The van der Waals surface area contributed by atoms with Gasteiger partial charge < -0.3 is 4.74 Å². The zero-order valence-corrected chi connectivity index (χ0v) is 11.6. The van der Waals surface area contributed by atoms with Crippen LogP contribution in [0.3, 0.4) is 0 Å². The van der Waals surface area contributed by atoms with Crippen LogP contribution in [0.15, 0.2) is 47.5 Å². The predicted octanol–water partition coefficient (Wildman–Crippen LogP) is 4.00. The summed E-state index contributed by atoms with van der Waals surface area (Å²) >= 11 is 5.87. The van der Waals surface area contributed by atoms with E-state index in [0.29, 0.717) is 10.9 Å². The van der Waals surface area contributed by atoms with Crippen LogP contribution >= 0.6 is 11.6 Å². The predicted molar refractivity (Wildman–Crippen MR) is 78.7 cm³/mol. The number of hydrogen-bond acceptors (Lipinski definition) is 3. The van der Waals surface area contributed by atoms with Crippen molar-refractivity contribution >= 4 is 29.5 Å².